The Labute approximate surface area is 193 Å². The van der Waals surface area contributed by atoms with E-state index in [1.807, 2.05) is 24.3 Å². The van der Waals surface area contributed by atoms with E-state index in [4.69, 9.17) is 14.2 Å². The van der Waals surface area contributed by atoms with Crippen LogP contribution in [0.1, 0.15) is 28.5 Å². The van der Waals surface area contributed by atoms with Crippen molar-refractivity contribution in [3.05, 3.63) is 89.5 Å². The minimum Gasteiger partial charge on any atom is -0.469 e. The molecule has 0 saturated heterocycles. The van der Waals surface area contributed by atoms with Gasteiger partial charge in [-0.05, 0) is 47.4 Å². The topological polar surface area (TPSA) is 90.9 Å². The van der Waals surface area contributed by atoms with E-state index in [1.54, 1.807) is 48.5 Å². The van der Waals surface area contributed by atoms with Crippen LogP contribution in [0.4, 0.5) is 0 Å². The fraction of sp³-hybridized carbons (Fsp3) is 0.240. The Bertz CT molecular complexity index is 1230. The van der Waals surface area contributed by atoms with Gasteiger partial charge in [-0.2, -0.15) is 0 Å². The van der Waals surface area contributed by atoms with E-state index in [0.717, 1.165) is 11.1 Å². The number of sulfone groups is 1. The maximum absolute atomic E-state index is 13.5. The Morgan fingerprint density at radius 1 is 0.970 bits per heavy atom. The SMILES string of the molecule is COC(=O)CCc1cccc(CNC(c2ccc3c(c2)OCO3)S(=O)(=O)c2ccccc2)c1. The number of methoxy groups -OCH3 is 1. The third-order valence-corrected chi connectivity index (χ3v) is 7.40. The number of fused-ring (bicyclic) bond motifs is 1. The molecule has 0 radical (unpaired) electrons. The van der Waals surface area contributed by atoms with E-state index < -0.39 is 15.2 Å². The normalized spacial score (nSPS) is 13.5. The molecule has 8 heteroatoms. The zero-order chi connectivity index (χ0) is 23.3. The van der Waals surface area contributed by atoms with Crippen LogP contribution in [-0.4, -0.2) is 28.3 Å². The van der Waals surface area contributed by atoms with Crippen molar-refractivity contribution >= 4 is 15.8 Å². The van der Waals surface area contributed by atoms with Crippen LogP contribution in [0.5, 0.6) is 11.5 Å². The van der Waals surface area contributed by atoms with Gasteiger partial charge in [0.05, 0.1) is 12.0 Å². The number of hydrogen-bond donors (Lipinski definition) is 1. The van der Waals surface area contributed by atoms with Gasteiger partial charge in [0.1, 0.15) is 5.37 Å². The van der Waals surface area contributed by atoms with Crippen LogP contribution in [0, 0.1) is 0 Å². The van der Waals surface area contributed by atoms with Crippen molar-refractivity contribution in [2.24, 2.45) is 0 Å². The van der Waals surface area contributed by atoms with Crippen molar-refractivity contribution in [1.29, 1.82) is 0 Å². The van der Waals surface area contributed by atoms with E-state index in [-0.39, 0.29) is 24.1 Å². The molecule has 1 N–H and O–H groups in total. The molecule has 3 aromatic carbocycles. The molecule has 0 fully saturated rings. The van der Waals surface area contributed by atoms with Crippen molar-refractivity contribution in [1.82, 2.24) is 5.32 Å². The van der Waals surface area contributed by atoms with Gasteiger partial charge in [0.25, 0.3) is 0 Å². The lowest BCUT2D eigenvalue weighted by Crippen LogP contribution is -2.28. The summed E-state index contributed by atoms with van der Waals surface area (Å²) in [5.41, 5.74) is 2.45. The van der Waals surface area contributed by atoms with Crippen LogP contribution in [0.15, 0.2) is 77.7 Å². The zero-order valence-corrected chi connectivity index (χ0v) is 19.0. The minimum atomic E-state index is -3.75. The predicted octanol–water partition coefficient (Wildman–Crippen LogP) is 3.78. The molecule has 0 amide bonds. The molecule has 3 aromatic rings. The van der Waals surface area contributed by atoms with Crippen LogP contribution in [0.3, 0.4) is 0 Å². The van der Waals surface area contributed by atoms with Gasteiger partial charge in [0, 0.05) is 13.0 Å². The number of aryl methyl sites for hydroxylation is 1. The van der Waals surface area contributed by atoms with Crippen LogP contribution in [0.25, 0.3) is 0 Å². The fourth-order valence-electron chi connectivity index (χ4n) is 3.68. The second-order valence-corrected chi connectivity index (χ2v) is 9.66. The molecule has 0 saturated carbocycles. The van der Waals surface area contributed by atoms with Crippen molar-refractivity contribution in [2.45, 2.75) is 29.7 Å². The Hall–Kier alpha value is -3.36. The summed E-state index contributed by atoms with van der Waals surface area (Å²) >= 11 is 0. The predicted molar refractivity (Wildman–Crippen MR) is 123 cm³/mol. The summed E-state index contributed by atoms with van der Waals surface area (Å²) in [6, 6.07) is 21.2. The van der Waals surface area contributed by atoms with Crippen molar-refractivity contribution in [2.75, 3.05) is 13.9 Å². The van der Waals surface area contributed by atoms with E-state index in [2.05, 4.69) is 5.32 Å². The number of benzene rings is 3. The number of esters is 1. The highest BCUT2D eigenvalue weighted by Crippen LogP contribution is 2.36. The largest absolute Gasteiger partial charge is 0.469 e. The first-order valence-corrected chi connectivity index (χ1v) is 12.1. The van der Waals surface area contributed by atoms with Gasteiger partial charge in [0.2, 0.25) is 6.79 Å². The van der Waals surface area contributed by atoms with Gasteiger partial charge in [-0.25, -0.2) is 8.42 Å². The third kappa shape index (κ3) is 5.35. The average molecular weight is 468 g/mol. The smallest absolute Gasteiger partial charge is 0.305 e. The third-order valence-electron chi connectivity index (χ3n) is 5.41. The summed E-state index contributed by atoms with van der Waals surface area (Å²) in [7, 11) is -2.38. The average Bonchev–Trinajstić information content (AvgIpc) is 3.31. The molecule has 0 spiro atoms. The van der Waals surface area contributed by atoms with Crippen LogP contribution in [-0.2, 0) is 32.3 Å². The van der Waals surface area contributed by atoms with Gasteiger partial charge >= 0.3 is 5.97 Å². The molecule has 0 aliphatic carbocycles. The molecular formula is C25H25NO6S. The van der Waals surface area contributed by atoms with Gasteiger partial charge in [-0.1, -0.05) is 48.5 Å². The van der Waals surface area contributed by atoms with Crippen LogP contribution >= 0.6 is 0 Å². The first-order valence-electron chi connectivity index (χ1n) is 10.5. The highest BCUT2D eigenvalue weighted by atomic mass is 32.2. The van der Waals surface area contributed by atoms with Gasteiger partial charge in [0.15, 0.2) is 21.3 Å². The molecule has 0 aromatic heterocycles. The molecule has 1 aliphatic rings. The number of carbonyl (C=O) groups excluding carboxylic acids is 1. The van der Waals surface area contributed by atoms with Crippen molar-refractivity contribution in [3.63, 3.8) is 0 Å². The lowest BCUT2D eigenvalue weighted by Gasteiger charge is -2.20. The lowest BCUT2D eigenvalue weighted by molar-refractivity contribution is -0.140. The summed E-state index contributed by atoms with van der Waals surface area (Å²) in [4.78, 5) is 11.7. The number of carbonyl (C=O) groups is 1. The van der Waals surface area contributed by atoms with Crippen LogP contribution in [0.2, 0.25) is 0 Å². The van der Waals surface area contributed by atoms with Crippen molar-refractivity contribution < 1.29 is 27.4 Å². The summed E-state index contributed by atoms with van der Waals surface area (Å²) in [5.74, 6) is 0.843. The highest BCUT2D eigenvalue weighted by molar-refractivity contribution is 7.91. The molecule has 7 nitrogen and oxygen atoms in total. The maximum Gasteiger partial charge on any atom is 0.305 e. The lowest BCUT2D eigenvalue weighted by atomic mass is 10.1. The molecule has 1 heterocycles. The Kier molecular flexibility index (Phi) is 6.96. The summed E-state index contributed by atoms with van der Waals surface area (Å²) < 4.78 is 42.6. The Morgan fingerprint density at radius 2 is 1.73 bits per heavy atom. The summed E-state index contributed by atoms with van der Waals surface area (Å²) in [6.45, 7) is 0.428. The fourth-order valence-corrected chi connectivity index (χ4v) is 5.30. The molecule has 1 unspecified atom stereocenters. The summed E-state index contributed by atoms with van der Waals surface area (Å²) in [5, 5.41) is 2.22. The second-order valence-electron chi connectivity index (χ2n) is 7.63. The number of hydrogen-bond acceptors (Lipinski definition) is 7. The molecule has 33 heavy (non-hydrogen) atoms. The number of nitrogens with one attached hydrogen (secondary N) is 1. The first-order chi connectivity index (χ1) is 16.0. The van der Waals surface area contributed by atoms with E-state index in [0.29, 0.717) is 30.0 Å². The molecule has 0 bridgehead atoms. The molecule has 1 aliphatic heterocycles. The quantitative estimate of drug-likeness (QED) is 0.479. The highest BCUT2D eigenvalue weighted by Gasteiger charge is 2.30. The Balaban J connectivity index is 1.59. The van der Waals surface area contributed by atoms with Gasteiger partial charge < -0.3 is 14.2 Å². The maximum atomic E-state index is 13.5. The van der Waals surface area contributed by atoms with Crippen molar-refractivity contribution in [3.8, 4) is 11.5 Å². The first kappa shape index (κ1) is 22.8. The molecule has 172 valence electrons. The molecule has 1 atom stereocenters. The van der Waals surface area contributed by atoms with E-state index in [9.17, 15) is 13.2 Å². The van der Waals surface area contributed by atoms with E-state index in [1.165, 1.54) is 7.11 Å². The zero-order valence-electron chi connectivity index (χ0n) is 18.2. The number of ether oxygens (including phenoxy) is 3. The minimum absolute atomic E-state index is 0.112. The number of rotatable bonds is 9. The Morgan fingerprint density at radius 3 is 2.52 bits per heavy atom. The van der Waals surface area contributed by atoms with Gasteiger partial charge in [-0.15, -0.1) is 0 Å². The standard InChI is InChI=1S/C25H25NO6S/c1-30-24(27)13-10-18-6-5-7-19(14-18)16-26-25(33(28,29)21-8-3-2-4-9-21)20-11-12-22-23(15-20)32-17-31-22/h2-9,11-12,14-15,25-26H,10,13,16-17H2,1H3. The van der Waals surface area contributed by atoms with Gasteiger partial charge in [-0.3, -0.25) is 10.1 Å². The summed E-state index contributed by atoms with van der Waals surface area (Å²) in [6.07, 6.45) is 0.837. The second kappa shape index (κ2) is 10.1. The monoisotopic (exact) mass is 467 g/mol. The molecule has 4 rings (SSSR count). The molecular weight excluding hydrogens is 442 g/mol. The van der Waals surface area contributed by atoms with Crippen LogP contribution < -0.4 is 14.8 Å². The van der Waals surface area contributed by atoms with E-state index >= 15 is 0 Å².